The van der Waals surface area contributed by atoms with Crippen LogP contribution in [0.15, 0.2) is 0 Å². The summed E-state index contributed by atoms with van der Waals surface area (Å²) in [4.78, 5) is 41.9. The van der Waals surface area contributed by atoms with Gasteiger partial charge in [-0.15, -0.1) is 0 Å². The molecular formula is C8H13NO9. The minimum atomic E-state index is -1.66. The average molecular weight is 267 g/mol. The van der Waals surface area contributed by atoms with E-state index < -0.39 is 48.8 Å². The van der Waals surface area contributed by atoms with Crippen molar-refractivity contribution in [3.8, 4) is 0 Å². The van der Waals surface area contributed by atoms with Gasteiger partial charge in [-0.1, -0.05) is 0 Å². The third-order valence-electron chi connectivity index (χ3n) is 1.76. The maximum atomic E-state index is 10.6. The quantitative estimate of drug-likeness (QED) is 0.318. The van der Waals surface area contributed by atoms with Gasteiger partial charge in [0.2, 0.25) is 0 Å². The summed E-state index contributed by atoms with van der Waals surface area (Å²) in [6, 6.07) is -3.32. The van der Waals surface area contributed by atoms with Crippen molar-refractivity contribution in [3.63, 3.8) is 0 Å². The van der Waals surface area contributed by atoms with Crippen molar-refractivity contribution in [3.05, 3.63) is 0 Å². The molecule has 7 N–H and O–H groups in total. The Bertz CT molecular complexity index is 307. The monoisotopic (exact) mass is 267 g/mol. The first-order chi connectivity index (χ1) is 7.73. The third-order valence-corrected chi connectivity index (χ3v) is 1.76. The van der Waals surface area contributed by atoms with E-state index in [0.29, 0.717) is 0 Å². The fourth-order valence-corrected chi connectivity index (χ4v) is 1.03. The molecule has 0 radical (unpaired) electrons. The molecule has 10 nitrogen and oxygen atoms in total. The van der Waals surface area contributed by atoms with Crippen LogP contribution in [0.4, 0.5) is 0 Å². The second-order valence-electron chi connectivity index (χ2n) is 3.14. The van der Waals surface area contributed by atoms with Crippen LogP contribution in [-0.4, -0.2) is 61.9 Å². The highest BCUT2D eigenvalue weighted by Gasteiger charge is 2.29. The van der Waals surface area contributed by atoms with Gasteiger partial charge >= 0.3 is 23.9 Å². The molecule has 104 valence electrons. The van der Waals surface area contributed by atoms with E-state index in [9.17, 15) is 19.2 Å². The smallest absolute Gasteiger partial charge is 0.321 e. The maximum Gasteiger partial charge on any atom is 0.321 e. The highest BCUT2D eigenvalue weighted by Crippen LogP contribution is 2.00. The van der Waals surface area contributed by atoms with E-state index in [4.69, 9.17) is 20.4 Å². The van der Waals surface area contributed by atoms with E-state index in [1.165, 1.54) is 0 Å². The molecule has 0 aliphatic carbocycles. The first kappa shape index (κ1) is 18.2. The predicted octanol–water partition coefficient (Wildman–Crippen LogP) is -2.39. The Morgan fingerprint density at radius 3 is 1.22 bits per heavy atom. The molecule has 0 saturated heterocycles. The summed E-state index contributed by atoms with van der Waals surface area (Å²) in [5.41, 5.74) is 0. The molecule has 0 fully saturated rings. The molecule has 0 aliphatic rings. The first-order valence-electron chi connectivity index (χ1n) is 4.39. The van der Waals surface area contributed by atoms with E-state index in [0.717, 1.165) is 0 Å². The second kappa shape index (κ2) is 7.97. The fourth-order valence-electron chi connectivity index (χ4n) is 1.03. The number of carboxylic acids is 4. The van der Waals surface area contributed by atoms with Crippen LogP contribution in [0.1, 0.15) is 12.8 Å². The summed E-state index contributed by atoms with van der Waals surface area (Å²) < 4.78 is 0. The SMILES string of the molecule is O.O=C(O)CC(NC(CC(=O)O)C(=O)O)C(=O)O. The maximum absolute atomic E-state index is 10.6. The molecule has 2 atom stereocenters. The zero-order chi connectivity index (χ0) is 13.6. The zero-order valence-corrected chi connectivity index (χ0v) is 8.99. The molecule has 0 heterocycles. The minimum absolute atomic E-state index is 0. The highest BCUT2D eigenvalue weighted by molar-refractivity contribution is 5.84. The number of rotatable bonds is 8. The van der Waals surface area contributed by atoms with Crippen LogP contribution in [0, 0.1) is 0 Å². The number of hydrogen-bond donors (Lipinski definition) is 5. The first-order valence-corrected chi connectivity index (χ1v) is 4.39. The highest BCUT2D eigenvalue weighted by atomic mass is 16.4. The molecule has 0 aromatic rings. The lowest BCUT2D eigenvalue weighted by Crippen LogP contribution is -2.48. The van der Waals surface area contributed by atoms with Gasteiger partial charge in [0, 0.05) is 0 Å². The molecule has 0 aromatic heterocycles. The van der Waals surface area contributed by atoms with Crippen molar-refractivity contribution in [2.75, 3.05) is 0 Å². The Kier molecular flexibility index (Phi) is 8.05. The molecule has 0 spiro atoms. The van der Waals surface area contributed by atoms with E-state index in [1.54, 1.807) is 0 Å². The van der Waals surface area contributed by atoms with Crippen molar-refractivity contribution >= 4 is 23.9 Å². The van der Waals surface area contributed by atoms with Crippen LogP contribution in [-0.2, 0) is 19.2 Å². The Labute approximate surface area is 100 Å². The van der Waals surface area contributed by atoms with Gasteiger partial charge in [0.1, 0.15) is 12.1 Å². The molecule has 0 aromatic carbocycles. The van der Waals surface area contributed by atoms with Crippen molar-refractivity contribution in [2.24, 2.45) is 0 Å². The van der Waals surface area contributed by atoms with E-state index in [1.807, 2.05) is 5.32 Å². The van der Waals surface area contributed by atoms with Gasteiger partial charge in [-0.25, -0.2) is 0 Å². The lowest BCUT2D eigenvalue weighted by atomic mass is 10.1. The zero-order valence-electron chi connectivity index (χ0n) is 8.99. The number of nitrogens with one attached hydrogen (secondary N) is 1. The van der Waals surface area contributed by atoms with Gasteiger partial charge in [0.25, 0.3) is 0 Å². The number of hydrogen-bond acceptors (Lipinski definition) is 5. The largest absolute Gasteiger partial charge is 0.481 e. The minimum Gasteiger partial charge on any atom is -0.481 e. The van der Waals surface area contributed by atoms with Crippen LogP contribution in [0.2, 0.25) is 0 Å². The van der Waals surface area contributed by atoms with Gasteiger partial charge in [-0.3, -0.25) is 24.5 Å². The van der Waals surface area contributed by atoms with Crippen LogP contribution in [0.3, 0.4) is 0 Å². The Morgan fingerprint density at radius 1 is 0.778 bits per heavy atom. The van der Waals surface area contributed by atoms with Crippen molar-refractivity contribution in [2.45, 2.75) is 24.9 Å². The summed E-state index contributed by atoms with van der Waals surface area (Å²) in [5, 5.41) is 36.0. The van der Waals surface area contributed by atoms with Crippen molar-refractivity contribution in [1.82, 2.24) is 5.32 Å². The Hall–Kier alpha value is -2.20. The number of aliphatic carboxylic acids is 4. The van der Waals surface area contributed by atoms with Crippen LogP contribution >= 0.6 is 0 Å². The standard InChI is InChI=1S/C8H11NO8.H2O/c10-5(11)1-3(7(14)15)9-4(8(16)17)2-6(12)13;/h3-4,9H,1-2H2,(H,10,11)(H,12,13)(H,14,15)(H,16,17);1H2. The summed E-state index contributed by atoms with van der Waals surface area (Å²) in [6.45, 7) is 0. The Morgan fingerprint density at radius 2 is 1.06 bits per heavy atom. The molecule has 2 unspecified atom stereocenters. The lowest BCUT2D eigenvalue weighted by molar-refractivity contribution is -0.150. The molecule has 0 saturated carbocycles. The topological polar surface area (TPSA) is 193 Å². The predicted molar refractivity (Wildman–Crippen MR) is 54.1 cm³/mol. The summed E-state index contributed by atoms with van der Waals surface area (Å²) in [7, 11) is 0. The fraction of sp³-hybridized carbons (Fsp3) is 0.500. The van der Waals surface area contributed by atoms with Gasteiger partial charge in [-0.05, 0) is 0 Å². The van der Waals surface area contributed by atoms with Crippen molar-refractivity contribution < 1.29 is 45.1 Å². The summed E-state index contributed by atoms with van der Waals surface area (Å²) >= 11 is 0. The normalized spacial score (nSPS) is 12.9. The van der Waals surface area contributed by atoms with Crippen molar-refractivity contribution in [1.29, 1.82) is 0 Å². The molecule has 0 amide bonds. The van der Waals surface area contributed by atoms with Crippen LogP contribution < -0.4 is 5.32 Å². The van der Waals surface area contributed by atoms with Crippen LogP contribution in [0.25, 0.3) is 0 Å². The molecule has 0 aliphatic heterocycles. The van der Waals surface area contributed by atoms with E-state index >= 15 is 0 Å². The van der Waals surface area contributed by atoms with Gasteiger partial charge in [0.05, 0.1) is 12.8 Å². The van der Waals surface area contributed by atoms with Gasteiger partial charge in [0.15, 0.2) is 0 Å². The molecular weight excluding hydrogens is 254 g/mol. The van der Waals surface area contributed by atoms with E-state index in [-0.39, 0.29) is 5.48 Å². The van der Waals surface area contributed by atoms with Gasteiger partial charge in [-0.2, -0.15) is 0 Å². The second-order valence-corrected chi connectivity index (χ2v) is 3.14. The lowest BCUT2D eigenvalue weighted by Gasteiger charge is -2.17. The molecule has 18 heavy (non-hydrogen) atoms. The summed E-state index contributed by atoms with van der Waals surface area (Å²) in [6.07, 6.45) is -1.70. The molecule has 0 bridgehead atoms. The molecule has 0 rings (SSSR count). The summed E-state index contributed by atoms with van der Waals surface area (Å²) in [5.74, 6) is -6.01. The number of carboxylic acid groups (broad SMARTS) is 4. The van der Waals surface area contributed by atoms with Crippen LogP contribution in [0.5, 0.6) is 0 Å². The number of carbonyl (C=O) groups is 4. The van der Waals surface area contributed by atoms with E-state index in [2.05, 4.69) is 0 Å². The third kappa shape index (κ3) is 7.14. The molecule has 10 heteroatoms. The Balaban J connectivity index is 0. The van der Waals surface area contributed by atoms with Gasteiger partial charge < -0.3 is 25.9 Å². The average Bonchev–Trinajstić information content (AvgIpc) is 2.13.